The number of carboxylic acid groups (broad SMARTS) is 1. The van der Waals surface area contributed by atoms with Crippen LogP contribution in [0.5, 0.6) is 0 Å². The molecule has 2 aliphatic rings. The van der Waals surface area contributed by atoms with Crippen molar-refractivity contribution < 1.29 is 14.7 Å². The van der Waals surface area contributed by atoms with Gasteiger partial charge in [-0.1, -0.05) is 32.1 Å². The van der Waals surface area contributed by atoms with E-state index < -0.39 is 5.97 Å². The molecule has 31 heavy (non-hydrogen) atoms. The highest BCUT2D eigenvalue weighted by Crippen LogP contribution is 2.31. The third-order valence-electron chi connectivity index (χ3n) is 5.58. The lowest BCUT2D eigenvalue weighted by Crippen LogP contribution is -2.39. The Morgan fingerprint density at radius 1 is 1.29 bits per heavy atom. The Balaban J connectivity index is 1.55. The lowest BCUT2D eigenvalue weighted by Gasteiger charge is -2.25. The predicted octanol–water partition coefficient (Wildman–Crippen LogP) is 2.40. The molecule has 0 aliphatic heterocycles. The monoisotopic (exact) mass is 427 g/mol. The fraction of sp³-hybridized carbons (Fsp3) is 0.565. The molecule has 1 saturated carbocycles. The zero-order valence-electron chi connectivity index (χ0n) is 18.4. The van der Waals surface area contributed by atoms with Gasteiger partial charge in [0.2, 0.25) is 0 Å². The van der Waals surface area contributed by atoms with Gasteiger partial charge in [0.1, 0.15) is 17.8 Å². The number of nitrogens with zero attached hydrogens (tertiary/aromatic N) is 3. The minimum absolute atomic E-state index is 0.0997. The molecule has 168 valence electrons. The first-order chi connectivity index (χ1) is 15.0. The second-order valence-electron chi connectivity index (χ2n) is 8.43. The van der Waals surface area contributed by atoms with E-state index in [9.17, 15) is 9.59 Å². The Morgan fingerprint density at radius 2 is 2.10 bits per heavy atom. The zero-order chi connectivity index (χ0) is 22.2. The number of carbonyl (C=O) groups excluding carboxylic acids is 1. The lowest BCUT2D eigenvalue weighted by atomic mass is 9.92. The maximum Gasteiger partial charge on any atom is 0.304 e. The molecular weight excluding hydrogens is 394 g/mol. The average Bonchev–Trinajstić information content (AvgIpc) is 3.57. The molecule has 8 nitrogen and oxygen atoms in total. The van der Waals surface area contributed by atoms with Crippen molar-refractivity contribution in [2.75, 3.05) is 31.1 Å². The predicted molar refractivity (Wildman–Crippen MR) is 120 cm³/mol. The SMILES string of the molecule is CCCN(CC1CC1)c1cc(C(=O)NC2C=CC(CNCCC(=O)O)=CC2C)ncn1. The Kier molecular flexibility index (Phi) is 8.17. The molecule has 0 aromatic carbocycles. The zero-order valence-corrected chi connectivity index (χ0v) is 18.4. The van der Waals surface area contributed by atoms with E-state index in [0.717, 1.165) is 36.8 Å². The van der Waals surface area contributed by atoms with Gasteiger partial charge in [-0.05, 0) is 36.7 Å². The summed E-state index contributed by atoms with van der Waals surface area (Å²) in [6, 6.07) is 1.67. The molecule has 2 atom stereocenters. The van der Waals surface area contributed by atoms with E-state index in [0.29, 0.717) is 18.8 Å². The summed E-state index contributed by atoms with van der Waals surface area (Å²) in [5.74, 6) is 0.667. The number of nitrogens with one attached hydrogen (secondary N) is 2. The van der Waals surface area contributed by atoms with Crippen molar-refractivity contribution in [3.05, 3.63) is 41.9 Å². The van der Waals surface area contributed by atoms with Gasteiger partial charge in [-0.25, -0.2) is 9.97 Å². The summed E-state index contributed by atoms with van der Waals surface area (Å²) in [7, 11) is 0. The van der Waals surface area contributed by atoms with Gasteiger partial charge < -0.3 is 20.6 Å². The Hall–Kier alpha value is -2.74. The number of hydrogen-bond acceptors (Lipinski definition) is 6. The topological polar surface area (TPSA) is 107 Å². The van der Waals surface area contributed by atoms with Crippen molar-refractivity contribution in [2.45, 2.75) is 45.6 Å². The molecule has 1 fully saturated rings. The minimum atomic E-state index is -0.810. The normalized spacial score (nSPS) is 20.3. The largest absolute Gasteiger partial charge is 0.481 e. The number of anilines is 1. The number of amides is 1. The summed E-state index contributed by atoms with van der Waals surface area (Å²) in [5, 5.41) is 14.9. The van der Waals surface area contributed by atoms with Crippen LogP contribution in [0.1, 0.15) is 50.0 Å². The van der Waals surface area contributed by atoms with Crippen LogP contribution < -0.4 is 15.5 Å². The van der Waals surface area contributed by atoms with Crippen molar-refractivity contribution in [2.24, 2.45) is 11.8 Å². The van der Waals surface area contributed by atoms with Crippen LogP contribution in [0.15, 0.2) is 36.2 Å². The third kappa shape index (κ3) is 7.17. The maximum atomic E-state index is 12.8. The first-order valence-electron chi connectivity index (χ1n) is 11.2. The van der Waals surface area contributed by atoms with Crippen LogP contribution in [0, 0.1) is 11.8 Å². The number of aliphatic carboxylic acids is 1. The van der Waals surface area contributed by atoms with Gasteiger partial charge in [-0.15, -0.1) is 0 Å². The quantitative estimate of drug-likeness (QED) is 0.440. The lowest BCUT2D eigenvalue weighted by molar-refractivity contribution is -0.136. The van der Waals surface area contributed by atoms with Crippen LogP contribution >= 0.6 is 0 Å². The summed E-state index contributed by atoms with van der Waals surface area (Å²) in [5.41, 5.74) is 1.47. The van der Waals surface area contributed by atoms with Crippen molar-refractivity contribution in [1.29, 1.82) is 0 Å². The smallest absolute Gasteiger partial charge is 0.304 e. The van der Waals surface area contributed by atoms with Crippen LogP contribution in [0.2, 0.25) is 0 Å². The van der Waals surface area contributed by atoms with E-state index >= 15 is 0 Å². The molecule has 0 bridgehead atoms. The molecule has 2 aliphatic carbocycles. The average molecular weight is 428 g/mol. The van der Waals surface area contributed by atoms with Gasteiger partial charge in [-0.2, -0.15) is 0 Å². The minimum Gasteiger partial charge on any atom is -0.481 e. The Morgan fingerprint density at radius 3 is 2.77 bits per heavy atom. The molecule has 0 spiro atoms. The van der Waals surface area contributed by atoms with Crippen LogP contribution in [0.25, 0.3) is 0 Å². The standard InChI is InChI=1S/C23H33N5O3/c1-3-10-28(14-17-4-5-17)21-12-20(25-15-26-21)23(31)27-19-7-6-18(11-16(19)2)13-24-9-8-22(29)30/h6-7,11-12,15-17,19,24H,3-5,8-10,13-14H2,1-2H3,(H,27,31)(H,29,30). The van der Waals surface area contributed by atoms with Crippen molar-refractivity contribution in [3.8, 4) is 0 Å². The molecule has 3 rings (SSSR count). The number of carboxylic acids is 1. The molecule has 3 N–H and O–H groups in total. The van der Waals surface area contributed by atoms with E-state index in [4.69, 9.17) is 5.11 Å². The van der Waals surface area contributed by atoms with E-state index in [2.05, 4.69) is 45.4 Å². The molecule has 1 heterocycles. The first-order valence-corrected chi connectivity index (χ1v) is 11.2. The molecular formula is C23H33N5O3. The summed E-state index contributed by atoms with van der Waals surface area (Å²) in [6.07, 6.45) is 11.2. The van der Waals surface area contributed by atoms with Gasteiger partial charge >= 0.3 is 5.97 Å². The van der Waals surface area contributed by atoms with E-state index in [1.165, 1.54) is 19.2 Å². The molecule has 2 unspecified atom stereocenters. The Labute approximate surface area is 183 Å². The summed E-state index contributed by atoms with van der Waals surface area (Å²) in [4.78, 5) is 34.3. The Bertz CT molecular complexity index is 834. The second kappa shape index (κ2) is 11.0. The maximum absolute atomic E-state index is 12.8. The highest BCUT2D eigenvalue weighted by atomic mass is 16.4. The van der Waals surface area contributed by atoms with Crippen LogP contribution in [-0.4, -0.2) is 59.2 Å². The number of carbonyl (C=O) groups is 2. The first kappa shape index (κ1) is 22.9. The fourth-order valence-corrected chi connectivity index (χ4v) is 3.68. The number of rotatable bonds is 12. The second-order valence-corrected chi connectivity index (χ2v) is 8.43. The van der Waals surface area contributed by atoms with Crippen LogP contribution in [0.3, 0.4) is 0 Å². The molecule has 0 saturated heterocycles. The number of hydrogen-bond donors (Lipinski definition) is 3. The summed E-state index contributed by atoms with van der Waals surface area (Å²) >= 11 is 0. The van der Waals surface area contributed by atoms with Crippen molar-refractivity contribution in [1.82, 2.24) is 20.6 Å². The van der Waals surface area contributed by atoms with Gasteiger partial charge in [-0.3, -0.25) is 9.59 Å². The van der Waals surface area contributed by atoms with Crippen molar-refractivity contribution >= 4 is 17.7 Å². The molecule has 1 aromatic rings. The van der Waals surface area contributed by atoms with Crippen LogP contribution in [-0.2, 0) is 4.79 Å². The van der Waals surface area contributed by atoms with Gasteiger partial charge in [0, 0.05) is 32.2 Å². The van der Waals surface area contributed by atoms with E-state index in [1.807, 2.05) is 12.2 Å². The number of aromatic nitrogens is 2. The summed E-state index contributed by atoms with van der Waals surface area (Å²) in [6.45, 7) is 7.15. The van der Waals surface area contributed by atoms with Crippen molar-refractivity contribution in [3.63, 3.8) is 0 Å². The van der Waals surface area contributed by atoms with Gasteiger partial charge in [0.25, 0.3) is 5.91 Å². The van der Waals surface area contributed by atoms with E-state index in [-0.39, 0.29) is 24.3 Å². The highest BCUT2D eigenvalue weighted by Gasteiger charge is 2.25. The van der Waals surface area contributed by atoms with Crippen LogP contribution in [0.4, 0.5) is 5.82 Å². The molecule has 1 amide bonds. The van der Waals surface area contributed by atoms with E-state index in [1.54, 1.807) is 6.07 Å². The van der Waals surface area contributed by atoms with Gasteiger partial charge in [0.15, 0.2) is 0 Å². The molecule has 0 radical (unpaired) electrons. The van der Waals surface area contributed by atoms with Gasteiger partial charge in [0.05, 0.1) is 12.5 Å². The molecule has 1 aromatic heterocycles. The fourth-order valence-electron chi connectivity index (χ4n) is 3.68. The highest BCUT2D eigenvalue weighted by molar-refractivity contribution is 5.93. The third-order valence-corrected chi connectivity index (χ3v) is 5.58. The summed E-state index contributed by atoms with van der Waals surface area (Å²) < 4.78 is 0. The molecule has 8 heteroatoms.